The Morgan fingerprint density at radius 3 is 1.42 bits per heavy atom. The summed E-state index contributed by atoms with van der Waals surface area (Å²) >= 11 is 0. The average Bonchev–Trinajstić information content (AvgIpc) is 3.35. The van der Waals surface area contributed by atoms with E-state index < -0.39 is 72.3 Å². The molecule has 0 aliphatic carbocycles. The van der Waals surface area contributed by atoms with Crippen LogP contribution in [0.3, 0.4) is 0 Å². The van der Waals surface area contributed by atoms with Gasteiger partial charge in [0.1, 0.15) is 52.7 Å². The Balaban J connectivity index is 0. The number of rotatable bonds is 17. The molecule has 0 saturated heterocycles. The highest BCUT2D eigenvalue weighted by molar-refractivity contribution is 6.75. The molecule has 2 N–H and O–H groups in total. The van der Waals surface area contributed by atoms with E-state index in [4.69, 9.17) is 29.2 Å². The molecule has 0 spiro atoms. The second kappa shape index (κ2) is 35.2. The lowest BCUT2D eigenvalue weighted by molar-refractivity contribution is -0.146. The van der Waals surface area contributed by atoms with E-state index >= 15 is 0 Å². The molecule has 4 atom stereocenters. The van der Waals surface area contributed by atoms with Gasteiger partial charge in [-0.2, -0.15) is 0 Å². The van der Waals surface area contributed by atoms with Crippen molar-refractivity contribution in [3.8, 4) is 35.7 Å². The predicted octanol–water partition coefficient (Wildman–Crippen LogP) is 11.3. The number of aromatic hydroxyl groups is 2. The lowest BCUT2D eigenvalue weighted by Crippen LogP contribution is -2.43. The number of aldehydes is 1. The first kappa shape index (κ1) is 78.9. The lowest BCUT2D eigenvalue weighted by Gasteiger charge is -2.38. The van der Waals surface area contributed by atoms with Gasteiger partial charge in [-0.25, -0.2) is 19.2 Å². The molecule has 0 amide bonds. The number of phenols is 2. The molecule has 0 saturated carbocycles. The minimum atomic E-state index is -1.98. The number of benzene rings is 2. The molecule has 0 bridgehead atoms. The van der Waals surface area contributed by atoms with Gasteiger partial charge in [-0.05, 0) is 118 Å². The van der Waals surface area contributed by atoms with Crippen LogP contribution in [0.25, 0.3) is 0 Å². The van der Waals surface area contributed by atoms with Crippen molar-refractivity contribution in [2.75, 3.05) is 35.5 Å². The van der Waals surface area contributed by atoms with Crippen molar-refractivity contribution in [3.63, 3.8) is 0 Å². The molecule has 1 aliphatic heterocycles. The molecule has 2 aromatic carbocycles. The van der Waals surface area contributed by atoms with E-state index in [1.165, 1.54) is 47.7 Å². The Labute approximate surface area is 497 Å². The maximum atomic E-state index is 12.2. The van der Waals surface area contributed by atoms with Gasteiger partial charge in [0.05, 0.1) is 47.8 Å². The van der Waals surface area contributed by atoms with Crippen LogP contribution in [-0.4, -0.2) is 143 Å². The van der Waals surface area contributed by atoms with Crippen molar-refractivity contribution in [2.45, 2.75) is 207 Å². The van der Waals surface area contributed by atoms with Crippen molar-refractivity contribution in [3.05, 3.63) is 57.6 Å². The third-order valence-corrected chi connectivity index (χ3v) is 28.1. The molecular weight excluding hydrogens is 1120 g/mol. The van der Waals surface area contributed by atoms with Crippen LogP contribution in [-0.2, 0) is 73.7 Å². The number of esters is 6. The minimum Gasteiger partial charge on any atom is -0.506 e. The largest absolute Gasteiger partial charge is 0.506 e. The van der Waals surface area contributed by atoms with Crippen LogP contribution in [0.1, 0.15) is 168 Å². The summed E-state index contributed by atoms with van der Waals surface area (Å²) in [5, 5.41) is 20.9. The number of carbonyl (C=O) groups is 8. The summed E-state index contributed by atoms with van der Waals surface area (Å²) in [6.07, 6.45) is 7.30. The van der Waals surface area contributed by atoms with Gasteiger partial charge in [0.25, 0.3) is 0 Å². The summed E-state index contributed by atoms with van der Waals surface area (Å²) in [4.78, 5) is 88.8. The standard InChI is InChI=1S/C19H30O6Si.C12H12O5.C12H22O2Si.C11H22OSi.C7H10O5/c1-12(25-26(7,8)19(2,3)4)11-13-9-10-14(17(21)23-5)16(20)15(13)18(22)24-6;1-6-5-7-3-4-8(11(14)16-2)10(13)9(7)12(15)17-6;1-11(9-7-8-10-13)14-15(5,6)12(2,3)4;1-8-9-10(2)12-13(6,7)11(3,4)5;1-11-6(9)3-5(8)4-7(10)12-2/h9-10,12,20H,11H2,1-8H3;3-4,6,13H,5H2,1-2H3;10-11H,9H2,1-6H3;1,10H,9H2,2-7H3;3-4H2,1-2H3. The molecule has 83 heavy (non-hydrogen) atoms. The molecular formula is C61H96O19Si3. The number of phenolic OH excluding ortho intramolecular Hbond substituents is 2. The van der Waals surface area contributed by atoms with Crippen molar-refractivity contribution < 1.29 is 90.3 Å². The van der Waals surface area contributed by atoms with Gasteiger partial charge >= 0.3 is 35.8 Å². The van der Waals surface area contributed by atoms with Crippen LogP contribution >= 0.6 is 0 Å². The Bertz CT molecular complexity index is 2600. The molecule has 4 unspecified atom stereocenters. The number of hydrogen-bond acceptors (Lipinski definition) is 19. The first-order chi connectivity index (χ1) is 37.9. The monoisotopic (exact) mass is 1220 g/mol. The number of carbonyl (C=O) groups excluding carboxylic acids is 8. The number of terminal acetylenes is 1. The zero-order valence-corrected chi connectivity index (χ0v) is 56.9. The normalized spacial score (nSPS) is 14.1. The number of ketones is 1. The summed E-state index contributed by atoms with van der Waals surface area (Å²) in [7, 11) is 0.737. The van der Waals surface area contributed by atoms with Gasteiger partial charge in [-0.3, -0.25) is 19.2 Å². The fourth-order valence-corrected chi connectivity index (χ4v) is 11.0. The fourth-order valence-electron chi connectivity index (χ4n) is 6.72. The van der Waals surface area contributed by atoms with Gasteiger partial charge in [0.15, 0.2) is 37.0 Å². The van der Waals surface area contributed by atoms with Crippen molar-refractivity contribution in [1.82, 2.24) is 0 Å². The van der Waals surface area contributed by atoms with Gasteiger partial charge in [0, 0.05) is 25.4 Å². The number of Topliss-reactive ketones (excluding diaryl/α,β-unsaturated/α-hetero) is 1. The lowest BCUT2D eigenvalue weighted by atomic mass is 9.96. The second-order valence-electron chi connectivity index (χ2n) is 24.3. The van der Waals surface area contributed by atoms with E-state index in [0.29, 0.717) is 43.1 Å². The summed E-state index contributed by atoms with van der Waals surface area (Å²) in [6, 6.07) is 6.16. The van der Waals surface area contributed by atoms with Gasteiger partial charge in [0.2, 0.25) is 0 Å². The molecule has 466 valence electrons. The maximum absolute atomic E-state index is 12.2. The van der Waals surface area contributed by atoms with Crippen LogP contribution in [0.4, 0.5) is 0 Å². The third kappa shape index (κ3) is 27.0. The second-order valence-corrected chi connectivity index (χ2v) is 38.5. The molecule has 0 fully saturated rings. The Morgan fingerprint density at radius 2 is 1.04 bits per heavy atom. The minimum absolute atomic E-state index is 0.0268. The van der Waals surface area contributed by atoms with Crippen molar-refractivity contribution >= 4 is 72.8 Å². The van der Waals surface area contributed by atoms with Gasteiger partial charge in [-0.1, -0.05) is 80.4 Å². The van der Waals surface area contributed by atoms with E-state index in [1.54, 1.807) is 19.1 Å². The first-order valence-electron chi connectivity index (χ1n) is 27.1. The molecule has 22 heteroatoms. The van der Waals surface area contributed by atoms with Crippen molar-refractivity contribution in [1.29, 1.82) is 0 Å². The highest BCUT2D eigenvalue weighted by atomic mass is 28.4. The van der Waals surface area contributed by atoms with Gasteiger partial charge < -0.3 is 51.9 Å². The van der Waals surface area contributed by atoms with E-state index in [2.05, 4.69) is 145 Å². The highest BCUT2D eigenvalue weighted by Crippen LogP contribution is 2.40. The van der Waals surface area contributed by atoms with E-state index in [9.17, 15) is 48.6 Å². The average molecular weight is 1220 g/mol. The number of fused-ring (bicyclic) bond motifs is 1. The zero-order chi connectivity index (χ0) is 65.2. The zero-order valence-electron chi connectivity index (χ0n) is 53.9. The van der Waals surface area contributed by atoms with Crippen LogP contribution < -0.4 is 0 Å². The summed E-state index contributed by atoms with van der Waals surface area (Å²) < 4.78 is 45.8. The van der Waals surface area contributed by atoms with E-state index in [-0.39, 0.29) is 80.4 Å². The Hall–Kier alpha value is -6.15. The van der Waals surface area contributed by atoms with Crippen LogP contribution in [0.2, 0.25) is 54.4 Å². The number of ether oxygens (including phenoxy) is 6. The molecule has 19 nitrogen and oxygen atoms in total. The summed E-state index contributed by atoms with van der Waals surface area (Å²) in [6.45, 7) is 40.8. The van der Waals surface area contributed by atoms with E-state index in [1.807, 2.05) is 13.8 Å². The molecule has 3 rings (SSSR count). The quantitative estimate of drug-likeness (QED) is 0.0372. The Morgan fingerprint density at radius 1 is 0.639 bits per heavy atom. The molecule has 1 heterocycles. The first-order valence-corrected chi connectivity index (χ1v) is 35.8. The van der Waals surface area contributed by atoms with Crippen LogP contribution in [0, 0.1) is 24.2 Å². The summed E-state index contributed by atoms with van der Waals surface area (Å²) in [5.41, 5.74) is 1.17. The molecule has 0 aromatic heterocycles. The van der Waals surface area contributed by atoms with Crippen molar-refractivity contribution in [2.24, 2.45) is 0 Å². The molecule has 1 aliphatic rings. The SMILES string of the molecule is C#CCC(C)O[Si](C)(C)C(C)(C)C.CC(CC#CC=O)O[Si](C)(C)C(C)(C)C.COC(=O)CC(=O)CC(=O)OC.COC(=O)c1ccc(CC(C)O[Si](C)(C)C(C)(C)C)c(C(=O)OC)c1O.COC(=O)c1ccc2c(c1O)C(=O)OC(C)C2. The number of methoxy groups -OCH3 is 5. The van der Waals surface area contributed by atoms with Crippen LogP contribution in [0.5, 0.6) is 11.5 Å². The number of cyclic esters (lactones) is 1. The molecule has 2 aromatic rings. The van der Waals surface area contributed by atoms with E-state index in [0.717, 1.165) is 0 Å². The van der Waals surface area contributed by atoms with Crippen LogP contribution in [0.15, 0.2) is 24.3 Å². The predicted molar refractivity (Wildman–Crippen MR) is 326 cm³/mol. The fraction of sp³-hybridized carbons (Fsp3) is 0.607. The van der Waals surface area contributed by atoms with Gasteiger partial charge in [-0.15, -0.1) is 12.3 Å². The smallest absolute Gasteiger partial charge is 0.342 e. The highest BCUT2D eigenvalue weighted by Gasteiger charge is 2.41. The Kier molecular flexibility index (Phi) is 33.5. The maximum Gasteiger partial charge on any atom is 0.342 e. The third-order valence-electron chi connectivity index (χ3n) is 14.3. The topological polar surface area (TPSA) is 260 Å². The summed E-state index contributed by atoms with van der Waals surface area (Å²) in [5.74, 6) is 2.52. The number of hydrogen-bond donors (Lipinski definition) is 2. The molecule has 0 radical (unpaired) electrons.